The van der Waals surface area contributed by atoms with Crippen LogP contribution in [0.25, 0.3) is 33.5 Å². The molecule has 1 saturated heterocycles. The van der Waals surface area contributed by atoms with Crippen LogP contribution in [0.15, 0.2) is 42.7 Å². The molecule has 0 radical (unpaired) electrons. The lowest BCUT2D eigenvalue weighted by atomic mass is 10.0. The maximum absolute atomic E-state index is 14.4. The molecule has 0 spiro atoms. The number of H-pyrrole nitrogens is 1. The lowest BCUT2D eigenvalue weighted by Gasteiger charge is -2.24. The second-order valence-corrected chi connectivity index (χ2v) is 8.29. The first-order valence-electron chi connectivity index (χ1n) is 10.5. The third-order valence-corrected chi connectivity index (χ3v) is 5.97. The van der Waals surface area contributed by atoms with Gasteiger partial charge in [-0.3, -0.25) is 10.1 Å². The number of rotatable bonds is 5. The van der Waals surface area contributed by atoms with Crippen LogP contribution in [0.1, 0.15) is 19.3 Å². The summed E-state index contributed by atoms with van der Waals surface area (Å²) in [5, 5.41) is 13.7. The molecule has 3 aromatic heterocycles. The summed E-state index contributed by atoms with van der Waals surface area (Å²) < 4.78 is 28.0. The van der Waals surface area contributed by atoms with Crippen molar-refractivity contribution in [2.45, 2.75) is 25.3 Å². The molecule has 9 heteroatoms. The van der Waals surface area contributed by atoms with Gasteiger partial charge in [-0.2, -0.15) is 5.10 Å². The van der Waals surface area contributed by atoms with E-state index in [0.29, 0.717) is 28.5 Å². The number of nitrogens with one attached hydrogen (secondary N) is 3. The number of benzene rings is 1. The van der Waals surface area contributed by atoms with Crippen molar-refractivity contribution in [1.29, 1.82) is 0 Å². The van der Waals surface area contributed by atoms with E-state index in [2.05, 4.69) is 25.8 Å². The topological polar surface area (TPSA) is 78.5 Å². The first-order chi connectivity index (χ1) is 15.6. The molecule has 4 aromatic rings. The average Bonchev–Trinajstić information content (AvgIpc) is 3.30. The van der Waals surface area contributed by atoms with Crippen molar-refractivity contribution in [3.8, 4) is 22.5 Å². The number of nitrogens with zero attached hydrogens (tertiary/aromatic N) is 3. The van der Waals surface area contributed by atoms with Crippen LogP contribution in [0.5, 0.6) is 0 Å². The third-order valence-electron chi connectivity index (χ3n) is 5.68. The van der Waals surface area contributed by atoms with Gasteiger partial charge in [-0.25, -0.2) is 13.8 Å². The Labute approximate surface area is 188 Å². The van der Waals surface area contributed by atoms with Gasteiger partial charge in [-0.1, -0.05) is 18.0 Å². The van der Waals surface area contributed by atoms with E-state index in [9.17, 15) is 8.78 Å². The van der Waals surface area contributed by atoms with Crippen LogP contribution in [-0.2, 0) is 0 Å². The largest absolute Gasteiger partial charge is 0.382 e. The molecule has 1 fully saturated rings. The minimum atomic E-state index is -0.816. The highest BCUT2D eigenvalue weighted by Gasteiger charge is 2.18. The Kier molecular flexibility index (Phi) is 5.71. The number of halogens is 3. The molecule has 1 aliphatic heterocycles. The van der Waals surface area contributed by atoms with Crippen molar-refractivity contribution < 1.29 is 8.78 Å². The normalized spacial score (nSPS) is 16.4. The molecular weight excluding hydrogens is 434 g/mol. The third kappa shape index (κ3) is 4.16. The molecule has 4 heterocycles. The van der Waals surface area contributed by atoms with Crippen molar-refractivity contribution in [3.05, 3.63) is 59.4 Å². The Bertz CT molecular complexity index is 1270. The van der Waals surface area contributed by atoms with Gasteiger partial charge in [0.25, 0.3) is 0 Å². The molecule has 3 N–H and O–H groups in total. The molecule has 164 valence electrons. The number of hydrogen-bond acceptors (Lipinski definition) is 5. The lowest BCUT2D eigenvalue weighted by molar-refractivity contribution is 0.414. The molecule has 1 aromatic carbocycles. The van der Waals surface area contributed by atoms with E-state index in [1.807, 2.05) is 12.1 Å². The smallest absolute Gasteiger partial charge is 0.144 e. The van der Waals surface area contributed by atoms with Gasteiger partial charge in [0.15, 0.2) is 0 Å². The van der Waals surface area contributed by atoms with Gasteiger partial charge in [0.1, 0.15) is 17.3 Å². The molecule has 1 aliphatic rings. The number of pyridine rings is 2. The van der Waals surface area contributed by atoms with Crippen LogP contribution < -0.4 is 10.6 Å². The monoisotopic (exact) mass is 454 g/mol. The van der Waals surface area contributed by atoms with Crippen LogP contribution in [-0.4, -0.2) is 39.3 Å². The summed E-state index contributed by atoms with van der Waals surface area (Å²) >= 11 is 5.87. The van der Waals surface area contributed by atoms with E-state index in [1.165, 1.54) is 18.9 Å². The van der Waals surface area contributed by atoms with Gasteiger partial charge in [-0.15, -0.1) is 0 Å². The SMILES string of the molecule is Fc1cc(F)c(-c2n[nH]cc2-c2ccc3ncc(NCC4CCCCN4)cc3n2)cc1Cl. The molecule has 5 rings (SSSR count). The molecule has 6 nitrogen and oxygen atoms in total. The molecule has 1 atom stereocenters. The highest BCUT2D eigenvalue weighted by molar-refractivity contribution is 6.31. The van der Waals surface area contributed by atoms with Gasteiger partial charge >= 0.3 is 0 Å². The minimum absolute atomic E-state index is 0.100. The van der Waals surface area contributed by atoms with Gasteiger partial charge in [-0.05, 0) is 43.7 Å². The van der Waals surface area contributed by atoms with E-state index in [1.54, 1.807) is 18.5 Å². The summed E-state index contributed by atoms with van der Waals surface area (Å²) in [6, 6.07) is 8.04. The second-order valence-electron chi connectivity index (χ2n) is 7.88. The van der Waals surface area contributed by atoms with Crippen LogP contribution in [0.2, 0.25) is 5.02 Å². The summed E-state index contributed by atoms with van der Waals surface area (Å²) in [6.45, 7) is 1.88. The second kappa shape index (κ2) is 8.80. The van der Waals surface area contributed by atoms with Crippen molar-refractivity contribution in [3.63, 3.8) is 0 Å². The quantitative estimate of drug-likeness (QED) is 0.362. The zero-order chi connectivity index (χ0) is 22.1. The van der Waals surface area contributed by atoms with Crippen LogP contribution in [0, 0.1) is 11.6 Å². The predicted octanol–water partition coefficient (Wildman–Crippen LogP) is 5.17. The zero-order valence-corrected chi connectivity index (χ0v) is 17.9. The highest BCUT2D eigenvalue weighted by Crippen LogP contribution is 2.34. The summed E-state index contributed by atoms with van der Waals surface area (Å²) in [5.41, 5.74) is 3.92. The van der Waals surface area contributed by atoms with E-state index in [0.717, 1.165) is 36.8 Å². The standard InChI is InChI=1S/C23H21ClF2N6/c24-17-8-15(18(25)9-19(17)26)23-16(12-30-32-23)20-4-5-21-22(31-20)7-14(11-29-21)28-10-13-3-1-2-6-27-13/h4-5,7-9,11-13,27-28H,1-3,6,10H2,(H,30,32). The average molecular weight is 455 g/mol. The summed E-state index contributed by atoms with van der Waals surface area (Å²) in [6.07, 6.45) is 7.05. The van der Waals surface area contributed by atoms with Crippen LogP contribution in [0.4, 0.5) is 14.5 Å². The van der Waals surface area contributed by atoms with E-state index in [-0.39, 0.29) is 10.6 Å². The number of aromatic nitrogens is 4. The van der Waals surface area contributed by atoms with Gasteiger partial charge in [0, 0.05) is 36.0 Å². The predicted molar refractivity (Wildman–Crippen MR) is 122 cm³/mol. The Morgan fingerprint density at radius 3 is 2.81 bits per heavy atom. The van der Waals surface area contributed by atoms with E-state index < -0.39 is 11.6 Å². The van der Waals surface area contributed by atoms with Gasteiger partial charge in [0.2, 0.25) is 0 Å². The van der Waals surface area contributed by atoms with Crippen molar-refractivity contribution in [2.24, 2.45) is 0 Å². The maximum atomic E-state index is 14.4. The van der Waals surface area contributed by atoms with Crippen molar-refractivity contribution >= 4 is 28.3 Å². The van der Waals surface area contributed by atoms with Crippen LogP contribution in [0.3, 0.4) is 0 Å². The number of fused-ring (bicyclic) bond motifs is 1. The summed E-state index contributed by atoms with van der Waals surface area (Å²) in [5.74, 6) is -1.56. The Hall–Kier alpha value is -3.10. The van der Waals surface area contributed by atoms with Crippen molar-refractivity contribution in [2.75, 3.05) is 18.4 Å². The summed E-state index contributed by atoms with van der Waals surface area (Å²) in [7, 11) is 0. The van der Waals surface area contributed by atoms with Gasteiger partial charge in [0.05, 0.1) is 33.6 Å². The Morgan fingerprint density at radius 1 is 1.06 bits per heavy atom. The van der Waals surface area contributed by atoms with Crippen molar-refractivity contribution in [1.82, 2.24) is 25.5 Å². The first-order valence-corrected chi connectivity index (χ1v) is 10.9. The molecule has 0 saturated carbocycles. The Balaban J connectivity index is 1.45. The molecule has 0 aliphatic carbocycles. The number of piperidine rings is 1. The van der Waals surface area contributed by atoms with E-state index >= 15 is 0 Å². The zero-order valence-electron chi connectivity index (χ0n) is 17.1. The number of hydrogen-bond donors (Lipinski definition) is 3. The maximum Gasteiger partial charge on any atom is 0.144 e. The highest BCUT2D eigenvalue weighted by atomic mass is 35.5. The Morgan fingerprint density at radius 2 is 1.97 bits per heavy atom. The number of anilines is 1. The molecule has 0 amide bonds. The fourth-order valence-corrected chi connectivity index (χ4v) is 4.15. The molecular formula is C23H21ClF2N6. The van der Waals surface area contributed by atoms with Crippen LogP contribution >= 0.6 is 11.6 Å². The fraction of sp³-hybridized carbons (Fsp3) is 0.261. The molecule has 1 unspecified atom stereocenters. The molecule has 32 heavy (non-hydrogen) atoms. The molecule has 0 bridgehead atoms. The van der Waals surface area contributed by atoms with Gasteiger partial charge < -0.3 is 10.6 Å². The minimum Gasteiger partial charge on any atom is -0.382 e. The number of aromatic amines is 1. The lowest BCUT2D eigenvalue weighted by Crippen LogP contribution is -2.39. The fourth-order valence-electron chi connectivity index (χ4n) is 3.99. The summed E-state index contributed by atoms with van der Waals surface area (Å²) in [4.78, 5) is 9.22. The van der Waals surface area contributed by atoms with E-state index in [4.69, 9.17) is 16.6 Å². The first kappa shape index (κ1) is 20.8.